The van der Waals surface area contributed by atoms with Crippen LogP contribution in [-0.2, 0) is 9.53 Å². The van der Waals surface area contributed by atoms with Gasteiger partial charge in [0.25, 0.3) is 0 Å². The normalized spacial score (nSPS) is 24.2. The Morgan fingerprint density at radius 2 is 1.80 bits per heavy atom. The van der Waals surface area contributed by atoms with Crippen LogP contribution in [0.3, 0.4) is 0 Å². The number of carbonyl (C=O) groups is 1. The molecule has 6 heteroatoms. The summed E-state index contributed by atoms with van der Waals surface area (Å²) in [5.74, 6) is 4.63. The molecule has 2 rings (SSSR count). The highest BCUT2D eigenvalue weighted by atomic mass is 19.1. The van der Waals surface area contributed by atoms with E-state index in [4.69, 9.17) is 0 Å². The Labute approximate surface area is 178 Å². The summed E-state index contributed by atoms with van der Waals surface area (Å²) in [6.45, 7) is 0. The number of aliphatic hydroxyl groups excluding tert-OH is 3. The summed E-state index contributed by atoms with van der Waals surface area (Å²) in [7, 11) is 1.39. The lowest BCUT2D eigenvalue weighted by Gasteiger charge is -2.24. The number of aliphatic hydroxyl groups is 3. The van der Waals surface area contributed by atoms with Gasteiger partial charge in [-0.3, -0.25) is 4.79 Å². The van der Waals surface area contributed by atoms with Gasteiger partial charge in [0.15, 0.2) is 0 Å². The third-order valence-corrected chi connectivity index (χ3v) is 5.94. The molecule has 0 radical (unpaired) electrons. The molecule has 0 aliphatic heterocycles. The maximum atomic E-state index is 13.6. The van der Waals surface area contributed by atoms with Gasteiger partial charge >= 0.3 is 5.97 Å². The molecule has 0 bridgehead atoms. The van der Waals surface area contributed by atoms with E-state index in [0.29, 0.717) is 25.7 Å². The highest BCUT2D eigenvalue weighted by molar-refractivity contribution is 5.68. The third-order valence-electron chi connectivity index (χ3n) is 5.94. The first-order valence-electron chi connectivity index (χ1n) is 10.8. The van der Waals surface area contributed by atoms with Crippen molar-refractivity contribution in [1.29, 1.82) is 0 Å². The Bertz CT molecular complexity index is 726. The number of rotatable bonds is 10. The number of unbranched alkanes of at least 4 members (excludes halogenated alkanes) is 3. The summed E-state index contributed by atoms with van der Waals surface area (Å²) < 4.78 is 18.2. The quantitative estimate of drug-likeness (QED) is 0.307. The summed E-state index contributed by atoms with van der Waals surface area (Å²) in [5, 5.41) is 30.8. The van der Waals surface area contributed by atoms with Crippen LogP contribution in [-0.4, -0.2) is 46.7 Å². The van der Waals surface area contributed by atoms with Crippen molar-refractivity contribution in [3.05, 3.63) is 35.6 Å². The summed E-state index contributed by atoms with van der Waals surface area (Å²) in [6, 6.07) is 6.17. The molecule has 0 amide bonds. The Hall–Kier alpha value is -1.94. The molecule has 1 aliphatic carbocycles. The predicted octanol–water partition coefficient (Wildman–Crippen LogP) is 3.19. The number of esters is 1. The molecule has 0 aromatic heterocycles. The Balaban J connectivity index is 1.77. The SMILES string of the molecule is COC(=O)CCCCCC[C@@H]1[C@@H](CCC(O)C#Cc2ccccc2F)[C@H](O)C[C@@H]1O. The fourth-order valence-electron chi connectivity index (χ4n) is 4.23. The first-order chi connectivity index (χ1) is 14.4. The average Bonchev–Trinajstić information content (AvgIpc) is 3.00. The summed E-state index contributed by atoms with van der Waals surface area (Å²) in [4.78, 5) is 11.1. The van der Waals surface area contributed by atoms with Crippen molar-refractivity contribution >= 4 is 5.97 Å². The number of benzene rings is 1. The number of halogens is 1. The van der Waals surface area contributed by atoms with Crippen LogP contribution in [0, 0.1) is 29.5 Å². The van der Waals surface area contributed by atoms with Crippen LogP contribution in [0.4, 0.5) is 4.39 Å². The van der Waals surface area contributed by atoms with Gasteiger partial charge < -0.3 is 20.1 Å². The van der Waals surface area contributed by atoms with Crippen molar-refractivity contribution in [2.45, 2.75) is 76.1 Å². The van der Waals surface area contributed by atoms with E-state index in [2.05, 4.69) is 16.6 Å². The Morgan fingerprint density at radius 1 is 1.13 bits per heavy atom. The average molecular weight is 421 g/mol. The topological polar surface area (TPSA) is 87.0 Å². The van der Waals surface area contributed by atoms with Crippen molar-refractivity contribution < 1.29 is 29.2 Å². The highest BCUT2D eigenvalue weighted by Gasteiger charge is 2.40. The predicted molar refractivity (Wildman–Crippen MR) is 112 cm³/mol. The standard InChI is InChI=1S/C24H33FO5/c1-30-24(29)11-5-3-2-4-9-19-20(23(28)16-22(19)27)15-14-18(26)13-12-17-8-6-7-10-21(17)25/h6-8,10,18-20,22-23,26-28H,2-5,9,11,14-16H2,1H3/t18?,19-,20-,22+,23-/m1/s1. The van der Waals surface area contributed by atoms with Gasteiger partial charge in [-0.2, -0.15) is 0 Å². The lowest BCUT2D eigenvalue weighted by Crippen LogP contribution is -2.23. The number of hydrogen-bond donors (Lipinski definition) is 3. The minimum atomic E-state index is -0.909. The Morgan fingerprint density at radius 3 is 2.50 bits per heavy atom. The molecular formula is C24H33FO5. The van der Waals surface area contributed by atoms with Crippen molar-refractivity contribution in [3.63, 3.8) is 0 Å². The van der Waals surface area contributed by atoms with Gasteiger partial charge in [0.2, 0.25) is 0 Å². The van der Waals surface area contributed by atoms with Crippen LogP contribution >= 0.6 is 0 Å². The second-order valence-corrected chi connectivity index (χ2v) is 8.07. The third kappa shape index (κ3) is 7.71. The number of ether oxygens (including phenoxy) is 1. The van der Waals surface area contributed by atoms with Gasteiger partial charge in [-0.15, -0.1) is 0 Å². The summed E-state index contributed by atoms with van der Waals surface area (Å²) >= 11 is 0. The molecule has 30 heavy (non-hydrogen) atoms. The van der Waals surface area contributed by atoms with Gasteiger partial charge in [0, 0.05) is 6.42 Å². The molecular weight excluding hydrogens is 387 g/mol. The number of methoxy groups -OCH3 is 1. The zero-order chi connectivity index (χ0) is 21.9. The fourth-order valence-corrected chi connectivity index (χ4v) is 4.23. The lowest BCUT2D eigenvalue weighted by molar-refractivity contribution is -0.140. The zero-order valence-electron chi connectivity index (χ0n) is 17.6. The molecule has 0 spiro atoms. The molecule has 0 saturated heterocycles. The molecule has 1 fully saturated rings. The van der Waals surface area contributed by atoms with Gasteiger partial charge in [0.05, 0.1) is 24.9 Å². The van der Waals surface area contributed by atoms with Gasteiger partial charge in [-0.1, -0.05) is 43.2 Å². The molecule has 1 unspecified atom stereocenters. The van der Waals surface area contributed by atoms with Crippen LogP contribution in [0.5, 0.6) is 0 Å². The van der Waals surface area contributed by atoms with Crippen LogP contribution in [0.2, 0.25) is 0 Å². The second kappa shape index (κ2) is 12.7. The molecule has 5 atom stereocenters. The maximum absolute atomic E-state index is 13.6. The van der Waals surface area contributed by atoms with E-state index < -0.39 is 24.1 Å². The zero-order valence-corrected chi connectivity index (χ0v) is 17.6. The van der Waals surface area contributed by atoms with E-state index in [1.807, 2.05) is 0 Å². The largest absolute Gasteiger partial charge is 0.469 e. The molecule has 1 aliphatic rings. The van der Waals surface area contributed by atoms with E-state index in [1.54, 1.807) is 18.2 Å². The van der Waals surface area contributed by atoms with Crippen molar-refractivity contribution in [2.75, 3.05) is 7.11 Å². The highest BCUT2D eigenvalue weighted by Crippen LogP contribution is 2.39. The molecule has 166 valence electrons. The molecule has 1 aromatic carbocycles. The first kappa shape index (κ1) is 24.3. The minimum Gasteiger partial charge on any atom is -0.469 e. The molecule has 3 N–H and O–H groups in total. The van der Waals surface area contributed by atoms with E-state index in [-0.39, 0.29) is 23.4 Å². The second-order valence-electron chi connectivity index (χ2n) is 8.07. The van der Waals surface area contributed by atoms with Crippen molar-refractivity contribution in [2.24, 2.45) is 11.8 Å². The molecule has 5 nitrogen and oxygen atoms in total. The van der Waals surface area contributed by atoms with Crippen LogP contribution in [0.1, 0.15) is 63.4 Å². The number of carbonyl (C=O) groups excluding carboxylic acids is 1. The molecule has 1 saturated carbocycles. The van der Waals surface area contributed by atoms with Crippen molar-refractivity contribution in [3.8, 4) is 11.8 Å². The van der Waals surface area contributed by atoms with Gasteiger partial charge in [-0.05, 0) is 56.1 Å². The van der Waals surface area contributed by atoms with E-state index in [9.17, 15) is 24.5 Å². The van der Waals surface area contributed by atoms with Crippen LogP contribution < -0.4 is 0 Å². The van der Waals surface area contributed by atoms with Crippen molar-refractivity contribution in [1.82, 2.24) is 0 Å². The lowest BCUT2D eigenvalue weighted by atomic mass is 9.85. The summed E-state index contributed by atoms with van der Waals surface area (Å²) in [6.07, 6.45) is 4.06. The number of hydrogen-bond acceptors (Lipinski definition) is 5. The van der Waals surface area contributed by atoms with Crippen LogP contribution in [0.15, 0.2) is 24.3 Å². The Kier molecular flexibility index (Phi) is 10.3. The van der Waals surface area contributed by atoms with E-state index >= 15 is 0 Å². The van der Waals surface area contributed by atoms with Gasteiger partial charge in [-0.25, -0.2) is 4.39 Å². The fraction of sp³-hybridized carbons (Fsp3) is 0.625. The van der Waals surface area contributed by atoms with E-state index in [0.717, 1.165) is 32.1 Å². The smallest absolute Gasteiger partial charge is 0.305 e. The molecule has 1 aromatic rings. The van der Waals surface area contributed by atoms with Crippen LogP contribution in [0.25, 0.3) is 0 Å². The minimum absolute atomic E-state index is 0.00710. The van der Waals surface area contributed by atoms with Gasteiger partial charge in [0.1, 0.15) is 11.9 Å². The summed E-state index contributed by atoms with van der Waals surface area (Å²) in [5.41, 5.74) is 0.248. The van der Waals surface area contributed by atoms with E-state index in [1.165, 1.54) is 13.2 Å². The monoisotopic (exact) mass is 420 g/mol. The molecule has 0 heterocycles. The first-order valence-corrected chi connectivity index (χ1v) is 10.8. The maximum Gasteiger partial charge on any atom is 0.305 e.